The summed E-state index contributed by atoms with van der Waals surface area (Å²) in [5, 5.41) is 10.7. The van der Waals surface area contributed by atoms with E-state index in [2.05, 4.69) is 265 Å². The Morgan fingerprint density at radius 2 is 0.716 bits per heavy atom. The lowest BCUT2D eigenvalue weighted by Gasteiger charge is -2.40. The van der Waals surface area contributed by atoms with Gasteiger partial charge in [0.15, 0.2) is 8.07 Å². The van der Waals surface area contributed by atoms with Crippen LogP contribution in [-0.2, 0) is 0 Å². The number of aromatic nitrogens is 1. The Balaban J connectivity index is 0.952. The summed E-state index contributed by atoms with van der Waals surface area (Å²) in [4.78, 5) is 2.66. The number of rotatable bonds is 7. The molecule has 0 saturated carbocycles. The van der Waals surface area contributed by atoms with E-state index in [1.807, 2.05) is 11.8 Å². The molecule has 1 aromatic heterocycles. The standard InChI is InChI=1S/C64H43NSSi/c1-2-12-44(13-3-1)46-22-24-47(25-23-46)48-32-37-55(38-33-48)67(56-39-35-54(36-40-56)65-59-18-8-6-16-57(59)58-17-7-9-19-60(58)65)63-21-11-10-20-61(63)66-62-43-53(34-41-64(62)67)50-28-26-49(27-29-50)52-31-30-45-14-4-5-15-51(45)42-52/h1-43H. The average Bonchev–Trinajstić information content (AvgIpc) is 3.75. The van der Waals surface area contributed by atoms with Crippen LogP contribution in [0.5, 0.6) is 0 Å². The van der Waals surface area contributed by atoms with Crippen molar-refractivity contribution in [2.24, 2.45) is 0 Å². The number of benzene rings is 11. The molecule has 1 nitrogen and oxygen atoms in total. The summed E-state index contributed by atoms with van der Waals surface area (Å²) < 4.78 is 2.43. The summed E-state index contributed by atoms with van der Waals surface area (Å²) in [6.45, 7) is 0. The average molecular weight is 886 g/mol. The Labute approximate surface area is 396 Å². The second-order valence-electron chi connectivity index (χ2n) is 17.6. The van der Waals surface area contributed by atoms with Crippen LogP contribution in [0.2, 0.25) is 0 Å². The molecule has 3 heteroatoms. The van der Waals surface area contributed by atoms with Crippen molar-refractivity contribution in [1.29, 1.82) is 0 Å². The van der Waals surface area contributed by atoms with Gasteiger partial charge >= 0.3 is 0 Å². The molecule has 0 amide bonds. The fourth-order valence-electron chi connectivity index (χ4n) is 10.7. The highest BCUT2D eigenvalue weighted by Gasteiger charge is 2.47. The molecule has 0 spiro atoms. The Kier molecular flexibility index (Phi) is 9.52. The SMILES string of the molecule is c1ccc(-c2ccc(-c3ccc([Si]4(c5ccc(-n6c7ccccc7c7ccccc76)cc5)c5ccccc5Sc5cc(-c6ccc(-c7ccc8ccccc8c7)cc6)ccc54)cc3)cc2)cc1. The minimum atomic E-state index is -2.90. The van der Waals surface area contributed by atoms with E-state index in [0.29, 0.717) is 0 Å². The molecular formula is C64H43NSSi. The molecule has 67 heavy (non-hydrogen) atoms. The second kappa shape index (κ2) is 16.2. The maximum Gasteiger partial charge on any atom is 0.181 e. The summed E-state index contributed by atoms with van der Waals surface area (Å²) in [7, 11) is -2.90. The zero-order chi connectivity index (χ0) is 44.3. The van der Waals surface area contributed by atoms with Gasteiger partial charge in [-0.25, -0.2) is 0 Å². The Morgan fingerprint density at radius 3 is 1.36 bits per heavy atom. The first-order valence-corrected chi connectivity index (χ1v) is 25.9. The highest BCUT2D eigenvalue weighted by Crippen LogP contribution is 2.38. The van der Waals surface area contributed by atoms with E-state index in [1.54, 1.807) is 0 Å². The van der Waals surface area contributed by atoms with Crippen molar-refractivity contribution in [3.8, 4) is 50.2 Å². The lowest BCUT2D eigenvalue weighted by Crippen LogP contribution is -2.76. The van der Waals surface area contributed by atoms with Crippen LogP contribution in [0.25, 0.3) is 82.8 Å². The van der Waals surface area contributed by atoms with Gasteiger partial charge < -0.3 is 4.57 Å². The predicted octanol–water partition coefficient (Wildman–Crippen LogP) is 14.4. The van der Waals surface area contributed by atoms with Crippen LogP contribution in [0, 0.1) is 0 Å². The van der Waals surface area contributed by atoms with Crippen LogP contribution in [-0.4, -0.2) is 12.6 Å². The van der Waals surface area contributed by atoms with Crippen LogP contribution in [0.3, 0.4) is 0 Å². The van der Waals surface area contributed by atoms with Crippen LogP contribution >= 0.6 is 11.8 Å². The van der Waals surface area contributed by atoms with Crippen molar-refractivity contribution < 1.29 is 0 Å². The fourth-order valence-corrected chi connectivity index (χ4v) is 17.6. The Hall–Kier alpha value is -7.95. The first-order chi connectivity index (χ1) is 33.2. The molecule has 1 atom stereocenters. The van der Waals surface area contributed by atoms with Gasteiger partial charge in [-0.05, 0) is 118 Å². The molecule has 0 N–H and O–H groups in total. The van der Waals surface area contributed by atoms with Gasteiger partial charge in [0.05, 0.1) is 11.0 Å². The largest absolute Gasteiger partial charge is 0.309 e. The third-order valence-corrected chi connectivity index (χ3v) is 20.4. The van der Waals surface area contributed by atoms with Gasteiger partial charge in [-0.2, -0.15) is 0 Å². The molecule has 12 aromatic rings. The third-order valence-electron chi connectivity index (χ3n) is 14.0. The number of hydrogen-bond donors (Lipinski definition) is 0. The molecule has 0 fully saturated rings. The summed E-state index contributed by atoms with van der Waals surface area (Å²) in [6, 6.07) is 97.3. The molecule has 1 aliphatic heterocycles. The molecular weight excluding hydrogens is 843 g/mol. The highest BCUT2D eigenvalue weighted by molar-refractivity contribution is 8.00. The van der Waals surface area contributed by atoms with Gasteiger partial charge in [0.1, 0.15) is 0 Å². The lowest BCUT2D eigenvalue weighted by molar-refractivity contribution is 1.18. The minimum Gasteiger partial charge on any atom is -0.309 e. The van der Waals surface area contributed by atoms with Crippen molar-refractivity contribution in [2.75, 3.05) is 0 Å². The second-order valence-corrected chi connectivity index (χ2v) is 22.5. The van der Waals surface area contributed by atoms with Gasteiger partial charge in [0, 0.05) is 26.3 Å². The molecule has 0 bridgehead atoms. The van der Waals surface area contributed by atoms with Crippen molar-refractivity contribution in [2.45, 2.75) is 9.79 Å². The first kappa shape index (κ1) is 39.4. The zero-order valence-electron chi connectivity index (χ0n) is 36.7. The van der Waals surface area contributed by atoms with Crippen LogP contribution in [0.1, 0.15) is 0 Å². The summed E-state index contributed by atoms with van der Waals surface area (Å²) in [5.74, 6) is 0. The number of para-hydroxylation sites is 2. The monoisotopic (exact) mass is 885 g/mol. The molecule has 0 saturated heterocycles. The highest BCUT2D eigenvalue weighted by atomic mass is 32.2. The van der Waals surface area contributed by atoms with E-state index in [9.17, 15) is 0 Å². The fraction of sp³-hybridized carbons (Fsp3) is 0. The van der Waals surface area contributed by atoms with Gasteiger partial charge in [0.25, 0.3) is 0 Å². The molecule has 11 aromatic carbocycles. The molecule has 2 heterocycles. The number of fused-ring (bicyclic) bond motifs is 6. The van der Waals surface area contributed by atoms with Gasteiger partial charge in [-0.3, -0.25) is 0 Å². The normalized spacial score (nSPS) is 14.3. The Morgan fingerprint density at radius 1 is 0.284 bits per heavy atom. The molecule has 0 aliphatic carbocycles. The summed E-state index contributed by atoms with van der Waals surface area (Å²) >= 11 is 1.92. The van der Waals surface area contributed by atoms with Crippen LogP contribution in [0.15, 0.2) is 271 Å². The maximum absolute atomic E-state index is 2.90. The number of hydrogen-bond acceptors (Lipinski definition) is 1. The van der Waals surface area contributed by atoms with Crippen LogP contribution in [0.4, 0.5) is 0 Å². The van der Waals surface area contributed by atoms with Crippen LogP contribution < -0.4 is 20.7 Å². The van der Waals surface area contributed by atoms with Gasteiger partial charge in [-0.15, -0.1) is 0 Å². The van der Waals surface area contributed by atoms with E-state index in [0.717, 1.165) is 0 Å². The molecule has 314 valence electrons. The van der Waals surface area contributed by atoms with Gasteiger partial charge in [0.2, 0.25) is 0 Å². The van der Waals surface area contributed by atoms with Crippen molar-refractivity contribution in [3.05, 3.63) is 261 Å². The number of nitrogens with zero attached hydrogens (tertiary/aromatic N) is 1. The molecule has 1 aliphatic rings. The van der Waals surface area contributed by atoms with E-state index in [4.69, 9.17) is 0 Å². The van der Waals surface area contributed by atoms with Gasteiger partial charge in [-0.1, -0.05) is 230 Å². The van der Waals surface area contributed by atoms with E-state index in [1.165, 1.54) is 113 Å². The molecule has 0 radical (unpaired) electrons. The summed E-state index contributed by atoms with van der Waals surface area (Å²) in [5.41, 5.74) is 13.4. The van der Waals surface area contributed by atoms with E-state index in [-0.39, 0.29) is 0 Å². The molecule has 1 unspecified atom stereocenters. The third kappa shape index (κ3) is 6.61. The van der Waals surface area contributed by atoms with Crippen molar-refractivity contribution in [3.63, 3.8) is 0 Å². The Bertz CT molecular complexity index is 3740. The summed E-state index contributed by atoms with van der Waals surface area (Å²) in [6.07, 6.45) is 0. The smallest absolute Gasteiger partial charge is 0.181 e. The van der Waals surface area contributed by atoms with Crippen molar-refractivity contribution >= 4 is 73.2 Å². The zero-order valence-corrected chi connectivity index (χ0v) is 38.5. The molecule has 13 rings (SSSR count). The topological polar surface area (TPSA) is 4.93 Å². The lowest BCUT2D eigenvalue weighted by atomic mass is 9.98. The van der Waals surface area contributed by atoms with Crippen molar-refractivity contribution in [1.82, 2.24) is 4.57 Å². The van der Waals surface area contributed by atoms with E-state index >= 15 is 0 Å². The predicted molar refractivity (Wildman–Crippen MR) is 288 cm³/mol. The van der Waals surface area contributed by atoms with E-state index < -0.39 is 8.07 Å². The minimum absolute atomic E-state index is 1.17. The quantitative estimate of drug-likeness (QED) is 0.144. The first-order valence-electron chi connectivity index (χ1n) is 23.1. The maximum atomic E-state index is 2.47.